The average Bonchev–Trinajstić information content (AvgIpc) is 3.14. The van der Waals surface area contributed by atoms with Crippen LogP contribution >= 0.6 is 11.3 Å². The lowest BCUT2D eigenvalue weighted by molar-refractivity contribution is -0.119. The number of nitrogens with zero attached hydrogens (tertiary/aromatic N) is 2. The number of hydrogen-bond acceptors (Lipinski definition) is 4. The second kappa shape index (κ2) is 7.53. The Morgan fingerprint density at radius 3 is 2.70 bits per heavy atom. The van der Waals surface area contributed by atoms with Gasteiger partial charge in [0.15, 0.2) is 0 Å². The van der Waals surface area contributed by atoms with Crippen LogP contribution in [0.1, 0.15) is 23.9 Å². The molecule has 5 heteroatoms. The molecule has 2 heterocycles. The topological polar surface area (TPSA) is 45.2 Å². The largest absolute Gasteiger partial charge is 0.374 e. The minimum Gasteiger partial charge on any atom is -0.374 e. The highest BCUT2D eigenvalue weighted by Crippen LogP contribution is 2.28. The molecule has 0 fully saturated rings. The van der Waals surface area contributed by atoms with E-state index in [2.05, 4.69) is 21.7 Å². The average molecular weight is 378 g/mol. The Morgan fingerprint density at radius 2 is 1.96 bits per heavy atom. The summed E-state index contributed by atoms with van der Waals surface area (Å²) in [5, 5.41) is 6.47. The third kappa shape index (κ3) is 3.74. The van der Waals surface area contributed by atoms with Crippen LogP contribution in [0.3, 0.4) is 0 Å². The molecule has 27 heavy (non-hydrogen) atoms. The van der Waals surface area contributed by atoms with Gasteiger partial charge in [-0.15, -0.1) is 11.3 Å². The van der Waals surface area contributed by atoms with Crippen LogP contribution in [-0.2, 0) is 11.2 Å². The van der Waals surface area contributed by atoms with Crippen molar-refractivity contribution in [3.05, 3.63) is 64.5 Å². The first-order valence-corrected chi connectivity index (χ1v) is 10.2. The molecule has 4 rings (SSSR count). The maximum Gasteiger partial charge on any atom is 0.249 e. The van der Waals surface area contributed by atoms with Crippen LogP contribution in [0.5, 0.6) is 0 Å². The molecule has 4 nitrogen and oxygen atoms in total. The van der Waals surface area contributed by atoms with Crippen molar-refractivity contribution in [3.63, 3.8) is 0 Å². The zero-order chi connectivity index (χ0) is 18.8. The van der Waals surface area contributed by atoms with Gasteiger partial charge in [-0.25, -0.2) is 4.98 Å². The first-order chi connectivity index (χ1) is 13.1. The van der Waals surface area contributed by atoms with Gasteiger partial charge in [0.25, 0.3) is 0 Å². The van der Waals surface area contributed by atoms with Crippen LogP contribution in [0.15, 0.2) is 53.9 Å². The molecule has 0 aliphatic carbocycles. The van der Waals surface area contributed by atoms with Crippen LogP contribution < -0.4 is 10.2 Å². The summed E-state index contributed by atoms with van der Waals surface area (Å²) in [7, 11) is 0. The summed E-state index contributed by atoms with van der Waals surface area (Å²) < 4.78 is 0. The Kier molecular flexibility index (Phi) is 4.94. The molecule has 2 aromatic carbocycles. The van der Waals surface area contributed by atoms with Gasteiger partial charge >= 0.3 is 0 Å². The van der Waals surface area contributed by atoms with Gasteiger partial charge in [0, 0.05) is 28.9 Å². The molecule has 1 N–H and O–H groups in total. The highest BCUT2D eigenvalue weighted by molar-refractivity contribution is 7.09. The lowest BCUT2D eigenvalue weighted by Gasteiger charge is -2.32. The predicted molar refractivity (Wildman–Crippen MR) is 112 cm³/mol. The monoisotopic (exact) mass is 377 g/mol. The van der Waals surface area contributed by atoms with Crippen LogP contribution in [0.4, 0.5) is 11.4 Å². The summed E-state index contributed by atoms with van der Waals surface area (Å²) in [5.41, 5.74) is 5.34. The predicted octanol–water partition coefficient (Wildman–Crippen LogP) is 4.90. The minimum absolute atomic E-state index is 0.112. The van der Waals surface area contributed by atoms with Crippen molar-refractivity contribution in [2.45, 2.75) is 32.7 Å². The van der Waals surface area contributed by atoms with Gasteiger partial charge in [0.05, 0.1) is 10.7 Å². The Hall–Kier alpha value is -2.66. The molecule has 0 spiro atoms. The number of aromatic nitrogens is 1. The van der Waals surface area contributed by atoms with Crippen molar-refractivity contribution < 1.29 is 4.79 Å². The summed E-state index contributed by atoms with van der Waals surface area (Å²) in [6.45, 7) is 4.72. The number of aryl methyl sites for hydroxylation is 2. The van der Waals surface area contributed by atoms with Crippen molar-refractivity contribution >= 4 is 28.6 Å². The minimum atomic E-state index is -0.288. The number of rotatable bonds is 4. The molecule has 0 bridgehead atoms. The maximum atomic E-state index is 13.0. The number of amides is 1. The lowest BCUT2D eigenvalue weighted by Crippen LogP contribution is -2.44. The molecule has 1 aliphatic rings. The maximum absolute atomic E-state index is 13.0. The molecular formula is C22H23N3OS. The Morgan fingerprint density at radius 1 is 1.19 bits per heavy atom. The van der Waals surface area contributed by atoms with E-state index in [1.54, 1.807) is 11.3 Å². The Bertz CT molecular complexity index is 948. The van der Waals surface area contributed by atoms with Crippen LogP contribution in [0, 0.1) is 6.92 Å². The van der Waals surface area contributed by atoms with E-state index in [0.29, 0.717) is 0 Å². The smallest absolute Gasteiger partial charge is 0.249 e. The van der Waals surface area contributed by atoms with E-state index in [-0.39, 0.29) is 11.9 Å². The van der Waals surface area contributed by atoms with E-state index in [4.69, 9.17) is 0 Å². The number of hydrogen-bond donors (Lipinski definition) is 1. The van der Waals surface area contributed by atoms with E-state index in [1.165, 1.54) is 5.56 Å². The SMILES string of the molecule is Cc1nc(-c2ccc(NC(C)C(=O)N3CCCc4ccccc43)cc2)cs1. The van der Waals surface area contributed by atoms with Crippen molar-refractivity contribution in [1.82, 2.24) is 4.98 Å². The summed E-state index contributed by atoms with van der Waals surface area (Å²) in [6, 6.07) is 16.0. The first-order valence-electron chi connectivity index (χ1n) is 9.30. The summed E-state index contributed by atoms with van der Waals surface area (Å²) in [6.07, 6.45) is 2.05. The zero-order valence-corrected chi connectivity index (χ0v) is 16.4. The summed E-state index contributed by atoms with van der Waals surface area (Å²) >= 11 is 1.65. The highest BCUT2D eigenvalue weighted by atomic mass is 32.1. The number of thiazole rings is 1. The Labute approximate surface area is 163 Å². The fourth-order valence-corrected chi connectivity index (χ4v) is 4.16. The van der Waals surface area contributed by atoms with Gasteiger partial charge in [-0.1, -0.05) is 30.3 Å². The number of nitrogens with one attached hydrogen (secondary N) is 1. The molecule has 138 valence electrons. The van der Waals surface area contributed by atoms with Crippen molar-refractivity contribution in [3.8, 4) is 11.3 Å². The standard InChI is InChI=1S/C22H23N3OS/c1-15(22(26)25-13-5-7-18-6-3-4-8-21(18)25)23-19-11-9-17(10-12-19)20-14-27-16(2)24-20/h3-4,6,8-12,14-15,23H,5,7,13H2,1-2H3. The number of anilines is 2. The first kappa shape index (κ1) is 17.7. The van der Waals surface area contributed by atoms with E-state index in [0.717, 1.165) is 47.0 Å². The molecule has 0 saturated carbocycles. The van der Waals surface area contributed by atoms with E-state index in [1.807, 2.05) is 61.2 Å². The van der Waals surface area contributed by atoms with Gasteiger partial charge in [0.2, 0.25) is 5.91 Å². The number of carbonyl (C=O) groups is 1. The fourth-order valence-electron chi connectivity index (χ4n) is 3.54. The van der Waals surface area contributed by atoms with Gasteiger partial charge in [-0.2, -0.15) is 0 Å². The molecule has 1 atom stereocenters. The second-order valence-electron chi connectivity index (χ2n) is 6.92. The van der Waals surface area contributed by atoms with Crippen LogP contribution in [0.2, 0.25) is 0 Å². The van der Waals surface area contributed by atoms with Crippen LogP contribution in [-0.4, -0.2) is 23.5 Å². The van der Waals surface area contributed by atoms with E-state index in [9.17, 15) is 4.79 Å². The lowest BCUT2D eigenvalue weighted by atomic mass is 10.0. The van der Waals surface area contributed by atoms with Gasteiger partial charge in [-0.3, -0.25) is 4.79 Å². The van der Waals surface area contributed by atoms with Gasteiger partial charge in [0.1, 0.15) is 6.04 Å². The fraction of sp³-hybridized carbons (Fsp3) is 0.273. The van der Waals surface area contributed by atoms with Gasteiger partial charge < -0.3 is 10.2 Å². The van der Waals surface area contributed by atoms with E-state index >= 15 is 0 Å². The molecule has 1 amide bonds. The third-order valence-corrected chi connectivity index (χ3v) is 5.70. The zero-order valence-electron chi connectivity index (χ0n) is 15.6. The number of fused-ring (bicyclic) bond motifs is 1. The number of para-hydroxylation sites is 1. The molecule has 1 aromatic heterocycles. The number of benzene rings is 2. The molecule has 0 saturated heterocycles. The van der Waals surface area contributed by atoms with Crippen molar-refractivity contribution in [2.24, 2.45) is 0 Å². The second-order valence-corrected chi connectivity index (χ2v) is 7.98. The molecule has 1 unspecified atom stereocenters. The summed E-state index contributed by atoms with van der Waals surface area (Å²) in [5.74, 6) is 0.112. The Balaban J connectivity index is 1.46. The molecular weight excluding hydrogens is 354 g/mol. The quantitative estimate of drug-likeness (QED) is 0.703. The molecule has 0 radical (unpaired) electrons. The summed E-state index contributed by atoms with van der Waals surface area (Å²) in [4.78, 5) is 19.5. The van der Waals surface area contributed by atoms with E-state index < -0.39 is 0 Å². The van der Waals surface area contributed by atoms with Crippen molar-refractivity contribution in [1.29, 1.82) is 0 Å². The molecule has 3 aromatic rings. The molecule has 1 aliphatic heterocycles. The van der Waals surface area contributed by atoms with Gasteiger partial charge in [-0.05, 0) is 50.5 Å². The highest BCUT2D eigenvalue weighted by Gasteiger charge is 2.26. The van der Waals surface area contributed by atoms with Crippen LogP contribution in [0.25, 0.3) is 11.3 Å². The van der Waals surface area contributed by atoms with Crippen molar-refractivity contribution in [2.75, 3.05) is 16.8 Å². The normalized spacial score (nSPS) is 14.5. The third-order valence-electron chi connectivity index (χ3n) is 4.93. The number of carbonyl (C=O) groups excluding carboxylic acids is 1.